The standard InChI is InChI=1S/C11H19N5O/c1-9-3-2-5-16(10(9)7-12)11(17)8-15-6-4-13-14-15/h4,6,9-10H,2-3,5,7-8,12H2,1H3. The number of nitrogens with zero attached hydrogens (tertiary/aromatic N) is 4. The Morgan fingerprint density at radius 3 is 3.06 bits per heavy atom. The molecule has 1 amide bonds. The summed E-state index contributed by atoms with van der Waals surface area (Å²) in [4.78, 5) is 14.1. The molecule has 1 aromatic rings. The summed E-state index contributed by atoms with van der Waals surface area (Å²) in [5.74, 6) is 0.561. The number of carbonyl (C=O) groups is 1. The van der Waals surface area contributed by atoms with E-state index in [1.807, 2.05) is 4.90 Å². The van der Waals surface area contributed by atoms with Crippen LogP contribution in [0.4, 0.5) is 0 Å². The summed E-state index contributed by atoms with van der Waals surface area (Å²) in [6.45, 7) is 3.75. The number of likely N-dealkylation sites (tertiary alicyclic amines) is 1. The van der Waals surface area contributed by atoms with Gasteiger partial charge >= 0.3 is 0 Å². The molecule has 2 rings (SSSR count). The summed E-state index contributed by atoms with van der Waals surface area (Å²) in [5.41, 5.74) is 5.77. The van der Waals surface area contributed by atoms with Crippen molar-refractivity contribution in [3.63, 3.8) is 0 Å². The molecular weight excluding hydrogens is 218 g/mol. The zero-order chi connectivity index (χ0) is 12.3. The minimum absolute atomic E-state index is 0.0810. The van der Waals surface area contributed by atoms with Gasteiger partial charge in [0.25, 0.3) is 0 Å². The lowest BCUT2D eigenvalue weighted by atomic mass is 9.91. The van der Waals surface area contributed by atoms with Gasteiger partial charge in [-0.05, 0) is 18.8 Å². The third-order valence-electron chi connectivity index (χ3n) is 3.45. The van der Waals surface area contributed by atoms with Crippen LogP contribution in [0.3, 0.4) is 0 Å². The third kappa shape index (κ3) is 2.63. The summed E-state index contributed by atoms with van der Waals surface area (Å²) < 4.78 is 1.55. The molecule has 1 aromatic heterocycles. The Hall–Kier alpha value is -1.43. The second-order valence-corrected chi connectivity index (χ2v) is 4.61. The summed E-state index contributed by atoms with van der Waals surface area (Å²) >= 11 is 0. The fourth-order valence-corrected chi connectivity index (χ4v) is 2.46. The van der Waals surface area contributed by atoms with Gasteiger partial charge in [0.15, 0.2) is 0 Å². The van der Waals surface area contributed by atoms with Crippen LogP contribution in [0.2, 0.25) is 0 Å². The molecule has 1 aliphatic heterocycles. The molecule has 1 fully saturated rings. The van der Waals surface area contributed by atoms with E-state index < -0.39 is 0 Å². The van der Waals surface area contributed by atoms with Gasteiger partial charge in [-0.1, -0.05) is 12.1 Å². The molecule has 1 saturated heterocycles. The molecule has 2 heterocycles. The van der Waals surface area contributed by atoms with Crippen molar-refractivity contribution in [2.75, 3.05) is 13.1 Å². The van der Waals surface area contributed by atoms with Crippen molar-refractivity contribution in [3.8, 4) is 0 Å². The zero-order valence-electron chi connectivity index (χ0n) is 10.1. The second kappa shape index (κ2) is 5.27. The van der Waals surface area contributed by atoms with Gasteiger partial charge in [-0.25, -0.2) is 4.68 Å². The second-order valence-electron chi connectivity index (χ2n) is 4.61. The van der Waals surface area contributed by atoms with E-state index in [0.29, 0.717) is 12.5 Å². The van der Waals surface area contributed by atoms with Crippen molar-refractivity contribution in [1.29, 1.82) is 0 Å². The smallest absolute Gasteiger partial charge is 0.244 e. The minimum atomic E-state index is 0.0810. The van der Waals surface area contributed by atoms with E-state index in [-0.39, 0.29) is 18.5 Å². The van der Waals surface area contributed by atoms with Crippen LogP contribution in [-0.2, 0) is 11.3 Å². The largest absolute Gasteiger partial charge is 0.337 e. The van der Waals surface area contributed by atoms with Gasteiger partial charge in [0, 0.05) is 25.3 Å². The maximum absolute atomic E-state index is 12.2. The van der Waals surface area contributed by atoms with E-state index >= 15 is 0 Å². The molecule has 0 aromatic carbocycles. The van der Waals surface area contributed by atoms with E-state index in [9.17, 15) is 4.79 Å². The lowest BCUT2D eigenvalue weighted by Crippen LogP contribution is -2.52. The normalized spacial score (nSPS) is 24.9. The quantitative estimate of drug-likeness (QED) is 0.794. The molecule has 6 heteroatoms. The van der Waals surface area contributed by atoms with Gasteiger partial charge < -0.3 is 10.6 Å². The molecule has 2 N–H and O–H groups in total. The van der Waals surface area contributed by atoms with Crippen molar-refractivity contribution < 1.29 is 4.79 Å². The highest BCUT2D eigenvalue weighted by molar-refractivity contribution is 5.76. The number of hydrogen-bond acceptors (Lipinski definition) is 4. The lowest BCUT2D eigenvalue weighted by Gasteiger charge is -2.39. The predicted molar refractivity (Wildman–Crippen MR) is 63.0 cm³/mol. The Morgan fingerprint density at radius 2 is 2.41 bits per heavy atom. The van der Waals surface area contributed by atoms with E-state index in [1.54, 1.807) is 17.1 Å². The number of piperidine rings is 1. The third-order valence-corrected chi connectivity index (χ3v) is 3.45. The molecule has 94 valence electrons. The molecule has 0 saturated carbocycles. The van der Waals surface area contributed by atoms with Gasteiger partial charge in [0.2, 0.25) is 5.91 Å². The average molecular weight is 237 g/mol. The molecular formula is C11H19N5O. The Balaban J connectivity index is 2.02. The van der Waals surface area contributed by atoms with Gasteiger partial charge in [-0.15, -0.1) is 5.10 Å². The average Bonchev–Trinajstić information content (AvgIpc) is 2.81. The lowest BCUT2D eigenvalue weighted by molar-refractivity contribution is -0.136. The number of rotatable bonds is 3. The molecule has 0 bridgehead atoms. The summed E-state index contributed by atoms with van der Waals surface area (Å²) in [6, 6.07) is 0.166. The Morgan fingerprint density at radius 1 is 1.59 bits per heavy atom. The van der Waals surface area contributed by atoms with Crippen LogP contribution in [0.25, 0.3) is 0 Å². The van der Waals surface area contributed by atoms with Crippen molar-refractivity contribution >= 4 is 5.91 Å². The van der Waals surface area contributed by atoms with Crippen molar-refractivity contribution in [2.24, 2.45) is 11.7 Å². The summed E-state index contributed by atoms with van der Waals surface area (Å²) in [6.07, 6.45) is 5.48. The Kier molecular flexibility index (Phi) is 3.73. The maximum atomic E-state index is 12.2. The highest BCUT2D eigenvalue weighted by Gasteiger charge is 2.30. The first kappa shape index (κ1) is 12.0. The van der Waals surface area contributed by atoms with Crippen molar-refractivity contribution in [1.82, 2.24) is 19.9 Å². The first-order valence-electron chi connectivity index (χ1n) is 6.06. The van der Waals surface area contributed by atoms with Gasteiger partial charge in [0.05, 0.1) is 6.20 Å². The highest BCUT2D eigenvalue weighted by atomic mass is 16.2. The Labute approximate surface area is 101 Å². The molecule has 2 unspecified atom stereocenters. The van der Waals surface area contributed by atoms with E-state index in [4.69, 9.17) is 5.73 Å². The minimum Gasteiger partial charge on any atom is -0.337 e. The predicted octanol–water partition coefficient (Wildman–Crippen LogP) is -0.136. The summed E-state index contributed by atoms with van der Waals surface area (Å²) in [7, 11) is 0. The zero-order valence-corrected chi connectivity index (χ0v) is 10.1. The summed E-state index contributed by atoms with van der Waals surface area (Å²) in [5, 5.41) is 7.50. The van der Waals surface area contributed by atoms with Crippen LogP contribution < -0.4 is 5.73 Å². The molecule has 1 aliphatic rings. The van der Waals surface area contributed by atoms with Gasteiger partial charge in [-0.2, -0.15) is 0 Å². The van der Waals surface area contributed by atoms with Crippen molar-refractivity contribution in [3.05, 3.63) is 12.4 Å². The van der Waals surface area contributed by atoms with Crippen LogP contribution in [0.15, 0.2) is 12.4 Å². The number of aromatic nitrogens is 3. The monoisotopic (exact) mass is 237 g/mol. The molecule has 0 radical (unpaired) electrons. The molecule has 17 heavy (non-hydrogen) atoms. The van der Waals surface area contributed by atoms with E-state index in [1.165, 1.54) is 0 Å². The number of nitrogens with two attached hydrogens (primary N) is 1. The highest BCUT2D eigenvalue weighted by Crippen LogP contribution is 2.22. The molecule has 6 nitrogen and oxygen atoms in total. The van der Waals surface area contributed by atoms with Crippen LogP contribution in [-0.4, -0.2) is 44.9 Å². The SMILES string of the molecule is CC1CCCN(C(=O)Cn2ccnn2)C1CN. The van der Waals surface area contributed by atoms with Gasteiger partial charge in [-0.3, -0.25) is 4.79 Å². The van der Waals surface area contributed by atoms with Crippen LogP contribution >= 0.6 is 0 Å². The maximum Gasteiger partial charge on any atom is 0.244 e. The number of carbonyl (C=O) groups excluding carboxylic acids is 1. The van der Waals surface area contributed by atoms with Crippen LogP contribution in [0.5, 0.6) is 0 Å². The first-order valence-corrected chi connectivity index (χ1v) is 6.06. The van der Waals surface area contributed by atoms with Crippen LogP contribution in [0, 0.1) is 5.92 Å². The van der Waals surface area contributed by atoms with Gasteiger partial charge in [0.1, 0.15) is 6.54 Å². The molecule has 2 atom stereocenters. The fraction of sp³-hybridized carbons (Fsp3) is 0.727. The van der Waals surface area contributed by atoms with E-state index in [2.05, 4.69) is 17.2 Å². The number of amides is 1. The van der Waals surface area contributed by atoms with Crippen molar-refractivity contribution in [2.45, 2.75) is 32.4 Å². The molecule has 0 aliphatic carbocycles. The Bertz CT molecular complexity index is 364. The molecule has 0 spiro atoms. The van der Waals surface area contributed by atoms with E-state index in [0.717, 1.165) is 19.4 Å². The number of hydrogen-bond donors (Lipinski definition) is 1. The topological polar surface area (TPSA) is 77.0 Å². The first-order chi connectivity index (χ1) is 8.22. The fourth-order valence-electron chi connectivity index (χ4n) is 2.46. The van der Waals surface area contributed by atoms with Crippen LogP contribution in [0.1, 0.15) is 19.8 Å².